The third-order valence-corrected chi connectivity index (χ3v) is 8.12. The van der Waals surface area contributed by atoms with Gasteiger partial charge in [-0.1, -0.05) is 0 Å². The van der Waals surface area contributed by atoms with E-state index in [0.29, 0.717) is 30.7 Å². The quantitative estimate of drug-likeness (QED) is 0.468. The number of morpholine rings is 1. The third kappa shape index (κ3) is 5.52. The fourth-order valence-corrected chi connectivity index (χ4v) is 6.06. The topological polar surface area (TPSA) is 59.1 Å². The summed E-state index contributed by atoms with van der Waals surface area (Å²) in [5.74, 6) is -1.41. The maximum absolute atomic E-state index is 14.5. The van der Waals surface area contributed by atoms with Crippen LogP contribution < -0.4 is 9.04 Å². The Balaban J connectivity index is 1.64. The summed E-state index contributed by atoms with van der Waals surface area (Å²) in [5.41, 5.74) is 1.43. The van der Waals surface area contributed by atoms with Crippen molar-refractivity contribution in [1.82, 2.24) is 4.90 Å². The molecule has 0 spiro atoms. The molecule has 2 heterocycles. The Kier molecular flexibility index (Phi) is 7.28. The van der Waals surface area contributed by atoms with Gasteiger partial charge in [0, 0.05) is 30.6 Å². The first-order chi connectivity index (χ1) is 15.9. The van der Waals surface area contributed by atoms with Gasteiger partial charge < -0.3 is 9.47 Å². The summed E-state index contributed by atoms with van der Waals surface area (Å²) >= 11 is 1.44. The van der Waals surface area contributed by atoms with Gasteiger partial charge in [-0.05, 0) is 53.4 Å². The number of halogens is 2. The van der Waals surface area contributed by atoms with Crippen molar-refractivity contribution in [2.45, 2.75) is 18.0 Å². The Bertz CT molecular complexity index is 1190. The van der Waals surface area contributed by atoms with Crippen LogP contribution in [-0.2, 0) is 27.8 Å². The molecule has 1 aliphatic heterocycles. The molecular formula is C23H24F2N2O4S2. The first-order valence-electron chi connectivity index (χ1n) is 10.3. The van der Waals surface area contributed by atoms with Gasteiger partial charge in [0.15, 0.2) is 0 Å². The molecule has 0 atom stereocenters. The van der Waals surface area contributed by atoms with Crippen LogP contribution in [0.5, 0.6) is 5.75 Å². The molecule has 3 aromatic rings. The number of nitrogens with zero attached hydrogens (tertiary/aromatic N) is 2. The number of hydrogen-bond donors (Lipinski definition) is 0. The lowest BCUT2D eigenvalue weighted by molar-refractivity contribution is 0.0342. The van der Waals surface area contributed by atoms with Crippen molar-refractivity contribution in [2.75, 3.05) is 37.7 Å². The van der Waals surface area contributed by atoms with Gasteiger partial charge in [-0.2, -0.15) is 0 Å². The van der Waals surface area contributed by atoms with E-state index in [2.05, 4.69) is 4.90 Å². The van der Waals surface area contributed by atoms with Crippen molar-refractivity contribution in [2.24, 2.45) is 0 Å². The Morgan fingerprint density at radius 2 is 1.82 bits per heavy atom. The summed E-state index contributed by atoms with van der Waals surface area (Å²) in [4.78, 5) is 2.51. The highest BCUT2D eigenvalue weighted by Gasteiger charge is 2.29. The van der Waals surface area contributed by atoms with Crippen LogP contribution in [0.4, 0.5) is 14.5 Å². The van der Waals surface area contributed by atoms with Gasteiger partial charge in [-0.25, -0.2) is 17.2 Å². The summed E-state index contributed by atoms with van der Waals surface area (Å²) < 4.78 is 66.5. The Hall–Kier alpha value is -2.53. The number of sulfonamides is 1. The van der Waals surface area contributed by atoms with E-state index < -0.39 is 26.6 Å². The molecule has 1 aliphatic rings. The van der Waals surface area contributed by atoms with Gasteiger partial charge in [-0.15, -0.1) is 11.3 Å². The van der Waals surface area contributed by atoms with Crippen molar-refractivity contribution >= 4 is 27.0 Å². The summed E-state index contributed by atoms with van der Waals surface area (Å²) in [7, 11) is -2.79. The van der Waals surface area contributed by atoms with Crippen LogP contribution in [0, 0.1) is 11.6 Å². The van der Waals surface area contributed by atoms with Crippen LogP contribution in [0.1, 0.15) is 10.4 Å². The van der Waals surface area contributed by atoms with Crippen LogP contribution in [0.3, 0.4) is 0 Å². The largest absolute Gasteiger partial charge is 0.497 e. The molecule has 0 radical (unpaired) electrons. The smallest absolute Gasteiger partial charge is 0.267 e. The third-order valence-electron chi connectivity index (χ3n) is 5.34. The SMILES string of the molecule is COc1ccc(N(Cc2cc(CN3CCOCC3)cs2)S(=O)(=O)c2ccc(F)cc2F)cc1. The Morgan fingerprint density at radius 1 is 1.09 bits per heavy atom. The highest BCUT2D eigenvalue weighted by Crippen LogP contribution is 2.31. The van der Waals surface area contributed by atoms with E-state index in [1.807, 2.05) is 11.4 Å². The molecule has 1 saturated heterocycles. The predicted octanol–water partition coefficient (Wildman–Crippen LogP) is 4.26. The molecule has 1 aromatic heterocycles. The molecule has 0 saturated carbocycles. The van der Waals surface area contributed by atoms with Gasteiger partial charge in [0.2, 0.25) is 0 Å². The van der Waals surface area contributed by atoms with Gasteiger partial charge in [0.1, 0.15) is 22.3 Å². The molecule has 33 heavy (non-hydrogen) atoms. The zero-order chi connectivity index (χ0) is 23.4. The maximum atomic E-state index is 14.5. The molecule has 0 bridgehead atoms. The second-order valence-corrected chi connectivity index (χ2v) is 10.4. The number of methoxy groups -OCH3 is 1. The van der Waals surface area contributed by atoms with Gasteiger partial charge in [0.05, 0.1) is 32.6 Å². The molecule has 2 aromatic carbocycles. The zero-order valence-electron chi connectivity index (χ0n) is 18.0. The van der Waals surface area contributed by atoms with E-state index >= 15 is 0 Å². The highest BCUT2D eigenvalue weighted by atomic mass is 32.2. The summed E-state index contributed by atoms with van der Waals surface area (Å²) in [6.07, 6.45) is 0. The van der Waals surface area contributed by atoms with E-state index in [1.165, 1.54) is 18.4 Å². The Morgan fingerprint density at radius 3 is 2.48 bits per heavy atom. The lowest BCUT2D eigenvalue weighted by atomic mass is 10.2. The van der Waals surface area contributed by atoms with Crippen LogP contribution in [0.25, 0.3) is 0 Å². The second-order valence-electron chi connectivity index (χ2n) is 7.59. The van der Waals surface area contributed by atoms with Crippen LogP contribution in [-0.4, -0.2) is 46.7 Å². The van der Waals surface area contributed by atoms with Crippen molar-refractivity contribution in [3.63, 3.8) is 0 Å². The zero-order valence-corrected chi connectivity index (χ0v) is 19.7. The minimum Gasteiger partial charge on any atom is -0.497 e. The average molecular weight is 495 g/mol. The molecule has 1 fully saturated rings. The van der Waals surface area contributed by atoms with E-state index in [9.17, 15) is 17.2 Å². The van der Waals surface area contributed by atoms with Crippen molar-refractivity contribution in [3.05, 3.63) is 76.0 Å². The molecule has 176 valence electrons. The molecule has 10 heteroatoms. The number of benzene rings is 2. The first-order valence-corrected chi connectivity index (χ1v) is 12.7. The molecule has 4 rings (SSSR count). The summed E-state index contributed by atoms with van der Waals surface area (Å²) in [5, 5.41) is 2.00. The minimum absolute atomic E-state index is 0.0132. The van der Waals surface area contributed by atoms with Crippen LogP contribution >= 0.6 is 11.3 Å². The van der Waals surface area contributed by atoms with Crippen LogP contribution in [0.15, 0.2) is 58.8 Å². The molecular weight excluding hydrogens is 470 g/mol. The number of ether oxygens (including phenoxy) is 2. The molecule has 0 aliphatic carbocycles. The lowest BCUT2D eigenvalue weighted by Gasteiger charge is -2.26. The fraction of sp³-hybridized carbons (Fsp3) is 0.304. The normalized spacial score (nSPS) is 14.9. The van der Waals surface area contributed by atoms with E-state index in [1.54, 1.807) is 24.3 Å². The first kappa shape index (κ1) is 23.6. The monoisotopic (exact) mass is 494 g/mol. The van der Waals surface area contributed by atoms with Gasteiger partial charge in [-0.3, -0.25) is 9.21 Å². The second kappa shape index (κ2) is 10.2. The van der Waals surface area contributed by atoms with Crippen molar-refractivity contribution < 1.29 is 26.7 Å². The van der Waals surface area contributed by atoms with E-state index in [0.717, 1.165) is 46.5 Å². The molecule has 6 nitrogen and oxygen atoms in total. The van der Waals surface area contributed by atoms with Crippen LogP contribution in [0.2, 0.25) is 0 Å². The average Bonchev–Trinajstić information content (AvgIpc) is 3.25. The summed E-state index contributed by atoms with van der Waals surface area (Å²) in [6.45, 7) is 3.86. The number of thiophene rings is 1. The molecule has 0 N–H and O–H groups in total. The number of rotatable bonds is 8. The number of anilines is 1. The minimum atomic E-state index is -4.31. The Labute approximate surface area is 196 Å². The number of hydrogen-bond acceptors (Lipinski definition) is 6. The molecule has 0 unspecified atom stereocenters. The van der Waals surface area contributed by atoms with Gasteiger partial charge in [0.25, 0.3) is 10.0 Å². The lowest BCUT2D eigenvalue weighted by Crippen LogP contribution is -2.35. The van der Waals surface area contributed by atoms with Gasteiger partial charge >= 0.3 is 0 Å². The summed E-state index contributed by atoms with van der Waals surface area (Å²) in [6, 6.07) is 10.9. The highest BCUT2D eigenvalue weighted by molar-refractivity contribution is 7.92. The van der Waals surface area contributed by atoms with E-state index in [-0.39, 0.29) is 6.54 Å². The molecule has 0 amide bonds. The van der Waals surface area contributed by atoms with Crippen molar-refractivity contribution in [1.29, 1.82) is 0 Å². The maximum Gasteiger partial charge on any atom is 0.267 e. The van der Waals surface area contributed by atoms with Crippen molar-refractivity contribution in [3.8, 4) is 5.75 Å². The predicted molar refractivity (Wildman–Crippen MR) is 123 cm³/mol. The van der Waals surface area contributed by atoms with E-state index in [4.69, 9.17) is 9.47 Å². The standard InChI is InChI=1S/C23H24F2N2O4S2/c1-30-20-5-3-19(4-6-20)27(33(28,29)23-7-2-18(24)13-22(23)25)15-21-12-17(16-32-21)14-26-8-10-31-11-9-26/h2-7,12-13,16H,8-11,14-15H2,1H3. The fourth-order valence-electron chi connectivity index (χ4n) is 3.62.